The highest BCUT2D eigenvalue weighted by atomic mass is 16.5. The van der Waals surface area contributed by atoms with Crippen molar-refractivity contribution in [1.29, 1.82) is 0 Å². The van der Waals surface area contributed by atoms with E-state index in [-0.39, 0.29) is 0 Å². The van der Waals surface area contributed by atoms with E-state index in [1.807, 2.05) is 12.1 Å². The van der Waals surface area contributed by atoms with E-state index in [2.05, 4.69) is 63.9 Å². The molecule has 0 saturated carbocycles. The lowest BCUT2D eigenvalue weighted by Gasteiger charge is -2.14. The molecule has 0 unspecified atom stereocenters. The van der Waals surface area contributed by atoms with Gasteiger partial charge in [0.25, 0.3) is 0 Å². The molecule has 1 aromatic heterocycles. The number of nitrogens with one attached hydrogen (secondary N) is 3. The molecule has 2 aromatic carbocycles. The third-order valence-electron chi connectivity index (χ3n) is 4.39. The Morgan fingerprint density at radius 2 is 1.96 bits per heavy atom. The minimum absolute atomic E-state index is 0.662. The quantitative estimate of drug-likeness (QED) is 0.472. The number of hydrogen-bond donors (Lipinski definition) is 3. The number of aryl methyl sites for hydroxylation is 1. The van der Waals surface area contributed by atoms with Crippen LogP contribution in [0.1, 0.15) is 16.8 Å². The lowest BCUT2D eigenvalue weighted by Crippen LogP contribution is -2.37. The molecule has 0 aliphatic heterocycles. The fourth-order valence-corrected chi connectivity index (χ4v) is 2.98. The van der Waals surface area contributed by atoms with E-state index in [0.717, 1.165) is 30.2 Å². The molecule has 0 atom stereocenters. The number of aromatic amines is 1. The number of guanidine groups is 1. The lowest BCUT2D eigenvalue weighted by molar-refractivity contribution is 0.408. The van der Waals surface area contributed by atoms with Crippen LogP contribution in [0.25, 0.3) is 10.9 Å². The van der Waals surface area contributed by atoms with E-state index in [1.54, 1.807) is 14.2 Å². The molecule has 3 rings (SSSR count). The molecule has 5 nitrogen and oxygen atoms in total. The van der Waals surface area contributed by atoms with Gasteiger partial charge in [-0.3, -0.25) is 4.99 Å². The van der Waals surface area contributed by atoms with Crippen molar-refractivity contribution in [2.75, 3.05) is 20.7 Å². The standard InChI is InChI=1S/C21H26N4O/c1-15-8-9-17(20(12-15)26-3)14-24-21(22-2)23-11-10-18-13-16-6-4-5-7-19(16)25-18/h4-9,12-13,25H,10-11,14H2,1-3H3,(H2,22,23,24). The molecule has 0 bridgehead atoms. The first-order valence-electron chi connectivity index (χ1n) is 8.84. The van der Waals surface area contributed by atoms with Crippen LogP contribution >= 0.6 is 0 Å². The number of aliphatic imine (C=N–C) groups is 1. The molecule has 5 heteroatoms. The third-order valence-corrected chi connectivity index (χ3v) is 4.39. The van der Waals surface area contributed by atoms with Crippen molar-refractivity contribution in [2.45, 2.75) is 19.9 Å². The molecular formula is C21H26N4O. The van der Waals surface area contributed by atoms with Crippen LogP contribution in [0.3, 0.4) is 0 Å². The number of H-pyrrole nitrogens is 1. The largest absolute Gasteiger partial charge is 0.496 e. The molecule has 3 aromatic rings. The molecular weight excluding hydrogens is 324 g/mol. The predicted octanol–water partition coefficient (Wildman–Crippen LogP) is 3.39. The normalized spacial score (nSPS) is 11.6. The second-order valence-electron chi connectivity index (χ2n) is 6.30. The maximum atomic E-state index is 5.46. The van der Waals surface area contributed by atoms with Gasteiger partial charge in [-0.05, 0) is 36.1 Å². The average Bonchev–Trinajstić information content (AvgIpc) is 3.08. The summed E-state index contributed by atoms with van der Waals surface area (Å²) in [4.78, 5) is 7.74. The van der Waals surface area contributed by atoms with Crippen molar-refractivity contribution in [3.8, 4) is 5.75 Å². The summed E-state index contributed by atoms with van der Waals surface area (Å²) in [5.74, 6) is 1.68. The van der Waals surface area contributed by atoms with Crippen LogP contribution in [0.4, 0.5) is 0 Å². The van der Waals surface area contributed by atoms with Crippen LogP contribution in [0.5, 0.6) is 5.75 Å². The van der Waals surface area contributed by atoms with Gasteiger partial charge >= 0.3 is 0 Å². The molecule has 1 heterocycles. The van der Waals surface area contributed by atoms with Crippen LogP contribution in [0.2, 0.25) is 0 Å². The Balaban J connectivity index is 1.52. The monoisotopic (exact) mass is 350 g/mol. The van der Waals surface area contributed by atoms with Gasteiger partial charge in [0.1, 0.15) is 5.75 Å². The van der Waals surface area contributed by atoms with Crippen LogP contribution in [-0.2, 0) is 13.0 Å². The Kier molecular flexibility index (Phi) is 5.79. The number of rotatable bonds is 6. The Morgan fingerprint density at radius 1 is 1.12 bits per heavy atom. The number of hydrogen-bond acceptors (Lipinski definition) is 2. The smallest absolute Gasteiger partial charge is 0.191 e. The highest BCUT2D eigenvalue weighted by molar-refractivity contribution is 5.81. The van der Waals surface area contributed by atoms with Crippen molar-refractivity contribution >= 4 is 16.9 Å². The van der Waals surface area contributed by atoms with E-state index in [4.69, 9.17) is 4.74 Å². The van der Waals surface area contributed by atoms with Gasteiger partial charge in [0.15, 0.2) is 5.96 Å². The van der Waals surface area contributed by atoms with E-state index in [1.165, 1.54) is 22.2 Å². The zero-order valence-corrected chi connectivity index (χ0v) is 15.6. The second kappa shape index (κ2) is 8.43. The molecule has 0 aliphatic carbocycles. The van der Waals surface area contributed by atoms with E-state index >= 15 is 0 Å². The summed E-state index contributed by atoms with van der Waals surface area (Å²) >= 11 is 0. The van der Waals surface area contributed by atoms with E-state index < -0.39 is 0 Å². The van der Waals surface area contributed by atoms with Gasteiger partial charge in [-0.2, -0.15) is 0 Å². The van der Waals surface area contributed by atoms with Crippen molar-refractivity contribution < 1.29 is 4.74 Å². The lowest BCUT2D eigenvalue weighted by atomic mass is 10.1. The van der Waals surface area contributed by atoms with Crippen molar-refractivity contribution in [1.82, 2.24) is 15.6 Å². The van der Waals surface area contributed by atoms with Gasteiger partial charge in [-0.1, -0.05) is 30.3 Å². The maximum absolute atomic E-state index is 5.46. The Bertz CT molecular complexity index is 865. The zero-order chi connectivity index (χ0) is 18.4. The molecule has 3 N–H and O–H groups in total. The Morgan fingerprint density at radius 3 is 2.73 bits per heavy atom. The van der Waals surface area contributed by atoms with Crippen LogP contribution in [0.15, 0.2) is 53.5 Å². The highest BCUT2D eigenvalue weighted by Gasteiger charge is 2.05. The number of aromatic nitrogens is 1. The minimum Gasteiger partial charge on any atom is -0.496 e. The number of nitrogens with zero attached hydrogens (tertiary/aromatic N) is 1. The SMILES string of the molecule is CN=C(NCCc1cc2ccccc2[nH]1)NCc1ccc(C)cc1OC. The Hall–Kier alpha value is -2.95. The van der Waals surface area contributed by atoms with Gasteiger partial charge in [0.05, 0.1) is 7.11 Å². The average molecular weight is 350 g/mol. The van der Waals surface area contributed by atoms with E-state index in [0.29, 0.717) is 6.54 Å². The van der Waals surface area contributed by atoms with Gasteiger partial charge in [0, 0.05) is 43.3 Å². The van der Waals surface area contributed by atoms with Crippen molar-refractivity contribution in [3.05, 3.63) is 65.4 Å². The van der Waals surface area contributed by atoms with Gasteiger partial charge in [-0.15, -0.1) is 0 Å². The fraction of sp³-hybridized carbons (Fsp3) is 0.286. The Labute approximate surface area is 154 Å². The number of para-hydroxylation sites is 1. The first kappa shape index (κ1) is 17.9. The van der Waals surface area contributed by atoms with Crippen molar-refractivity contribution in [2.24, 2.45) is 4.99 Å². The minimum atomic E-state index is 0.662. The number of ether oxygens (including phenoxy) is 1. The third kappa shape index (κ3) is 4.36. The van der Waals surface area contributed by atoms with Crippen LogP contribution in [-0.4, -0.2) is 31.6 Å². The van der Waals surface area contributed by atoms with Crippen LogP contribution in [0, 0.1) is 6.92 Å². The topological polar surface area (TPSA) is 61.4 Å². The molecule has 0 saturated heterocycles. The molecule has 0 spiro atoms. The summed E-state index contributed by atoms with van der Waals surface area (Å²) in [6.45, 7) is 3.53. The summed E-state index contributed by atoms with van der Waals surface area (Å²) < 4.78 is 5.46. The summed E-state index contributed by atoms with van der Waals surface area (Å²) in [6, 6.07) is 16.7. The maximum Gasteiger partial charge on any atom is 0.191 e. The fourth-order valence-electron chi connectivity index (χ4n) is 2.98. The summed E-state index contributed by atoms with van der Waals surface area (Å²) in [7, 11) is 3.48. The number of methoxy groups -OCH3 is 1. The van der Waals surface area contributed by atoms with Gasteiger partial charge in [-0.25, -0.2) is 0 Å². The molecule has 136 valence electrons. The first-order valence-corrected chi connectivity index (χ1v) is 8.84. The van der Waals surface area contributed by atoms with Crippen molar-refractivity contribution in [3.63, 3.8) is 0 Å². The predicted molar refractivity (Wildman–Crippen MR) is 108 cm³/mol. The molecule has 0 radical (unpaired) electrons. The summed E-state index contributed by atoms with van der Waals surface area (Å²) in [6.07, 6.45) is 0.906. The summed E-state index contributed by atoms with van der Waals surface area (Å²) in [5.41, 5.74) is 4.69. The molecule has 0 fully saturated rings. The molecule has 0 amide bonds. The van der Waals surface area contributed by atoms with Gasteiger partial charge in [0.2, 0.25) is 0 Å². The summed E-state index contributed by atoms with van der Waals surface area (Å²) in [5, 5.41) is 7.95. The van der Waals surface area contributed by atoms with Crippen LogP contribution < -0.4 is 15.4 Å². The number of fused-ring (bicyclic) bond motifs is 1. The second-order valence-corrected chi connectivity index (χ2v) is 6.30. The molecule has 26 heavy (non-hydrogen) atoms. The first-order chi connectivity index (χ1) is 12.7. The van der Waals surface area contributed by atoms with Gasteiger partial charge < -0.3 is 20.4 Å². The molecule has 0 aliphatic rings. The van der Waals surface area contributed by atoms with E-state index in [9.17, 15) is 0 Å². The number of benzene rings is 2. The zero-order valence-electron chi connectivity index (χ0n) is 15.6. The highest BCUT2D eigenvalue weighted by Crippen LogP contribution is 2.19.